The summed E-state index contributed by atoms with van der Waals surface area (Å²) in [5.41, 5.74) is 1.42. The molecule has 3 rings (SSSR count). The van der Waals surface area contributed by atoms with Crippen LogP contribution in [0.4, 0.5) is 8.78 Å². The quantitative estimate of drug-likeness (QED) is 0.942. The molecule has 1 fully saturated rings. The van der Waals surface area contributed by atoms with Crippen molar-refractivity contribution >= 4 is 5.91 Å². The number of amides is 1. The standard InChI is InChI=1S/C17H17F2NO3/c18-14-3-2-12(7-15(14)19)16-8-13(21)9-20(16)17(22)4-1-11-5-6-23-10-11/h2-3,5-7,10,13,16,21H,1,4,8-9H2/t13-,16+/m1/s1. The Morgan fingerprint density at radius 2 is 2.13 bits per heavy atom. The zero-order valence-electron chi connectivity index (χ0n) is 12.4. The molecule has 2 heterocycles. The number of carbonyl (C=O) groups excluding carboxylic acids is 1. The maximum Gasteiger partial charge on any atom is 0.223 e. The van der Waals surface area contributed by atoms with Crippen LogP contribution in [0.1, 0.15) is 30.0 Å². The molecule has 1 N–H and O–H groups in total. The minimum atomic E-state index is -0.949. The van der Waals surface area contributed by atoms with E-state index < -0.39 is 23.8 Å². The van der Waals surface area contributed by atoms with Crippen LogP contribution < -0.4 is 0 Å². The van der Waals surface area contributed by atoms with E-state index in [0.717, 1.165) is 17.7 Å². The Bertz CT molecular complexity index is 687. The summed E-state index contributed by atoms with van der Waals surface area (Å²) in [4.78, 5) is 14.0. The number of halogens is 2. The summed E-state index contributed by atoms with van der Waals surface area (Å²) < 4.78 is 31.5. The molecule has 0 unspecified atom stereocenters. The molecular weight excluding hydrogens is 304 g/mol. The number of aliphatic hydroxyl groups is 1. The highest BCUT2D eigenvalue weighted by molar-refractivity contribution is 5.77. The van der Waals surface area contributed by atoms with Crippen molar-refractivity contribution in [3.8, 4) is 0 Å². The number of carbonyl (C=O) groups is 1. The molecule has 4 nitrogen and oxygen atoms in total. The number of aryl methyl sites for hydroxylation is 1. The Balaban J connectivity index is 1.73. The largest absolute Gasteiger partial charge is 0.472 e. The SMILES string of the molecule is O=C(CCc1ccoc1)N1C[C@H](O)C[C@H]1c1ccc(F)c(F)c1. The van der Waals surface area contributed by atoms with Crippen LogP contribution >= 0.6 is 0 Å². The Kier molecular flexibility index (Phi) is 4.43. The van der Waals surface area contributed by atoms with Crippen LogP contribution in [-0.4, -0.2) is 28.6 Å². The van der Waals surface area contributed by atoms with Gasteiger partial charge in [-0.2, -0.15) is 0 Å². The van der Waals surface area contributed by atoms with Crippen molar-refractivity contribution in [3.05, 3.63) is 59.6 Å². The molecule has 2 aromatic rings. The van der Waals surface area contributed by atoms with E-state index in [2.05, 4.69) is 0 Å². The monoisotopic (exact) mass is 321 g/mol. The van der Waals surface area contributed by atoms with Gasteiger partial charge in [-0.15, -0.1) is 0 Å². The number of furan rings is 1. The lowest BCUT2D eigenvalue weighted by Crippen LogP contribution is -2.32. The lowest BCUT2D eigenvalue weighted by Gasteiger charge is -2.25. The van der Waals surface area contributed by atoms with E-state index in [-0.39, 0.29) is 18.9 Å². The van der Waals surface area contributed by atoms with E-state index in [0.29, 0.717) is 18.4 Å². The predicted octanol–water partition coefficient (Wildman–Crippen LogP) is 2.82. The highest BCUT2D eigenvalue weighted by atomic mass is 19.2. The van der Waals surface area contributed by atoms with Gasteiger partial charge < -0.3 is 14.4 Å². The van der Waals surface area contributed by atoms with Crippen LogP contribution in [0, 0.1) is 11.6 Å². The molecular formula is C17H17F2NO3. The zero-order valence-corrected chi connectivity index (χ0v) is 12.4. The summed E-state index contributed by atoms with van der Waals surface area (Å²) in [5.74, 6) is -2.00. The van der Waals surface area contributed by atoms with Crippen LogP contribution in [0.15, 0.2) is 41.2 Å². The first kappa shape index (κ1) is 15.7. The predicted molar refractivity (Wildman–Crippen MR) is 78.5 cm³/mol. The van der Waals surface area contributed by atoms with Crippen molar-refractivity contribution in [2.45, 2.75) is 31.4 Å². The third-order valence-corrected chi connectivity index (χ3v) is 4.14. The number of hydrogen-bond acceptors (Lipinski definition) is 3. The molecule has 0 spiro atoms. The van der Waals surface area contributed by atoms with Gasteiger partial charge in [0.2, 0.25) is 5.91 Å². The van der Waals surface area contributed by atoms with Gasteiger partial charge in [0.15, 0.2) is 11.6 Å². The molecule has 0 bridgehead atoms. The van der Waals surface area contributed by atoms with Crippen LogP contribution in [0.25, 0.3) is 0 Å². The molecule has 23 heavy (non-hydrogen) atoms. The Labute approximate surface area is 132 Å². The summed E-state index contributed by atoms with van der Waals surface area (Å²) in [6, 6.07) is 4.95. The second kappa shape index (κ2) is 6.50. The van der Waals surface area contributed by atoms with Gasteiger partial charge in [-0.05, 0) is 42.2 Å². The molecule has 1 aliphatic rings. The Morgan fingerprint density at radius 3 is 2.83 bits per heavy atom. The van der Waals surface area contributed by atoms with Gasteiger partial charge in [0.25, 0.3) is 0 Å². The maximum absolute atomic E-state index is 13.4. The zero-order chi connectivity index (χ0) is 16.4. The fourth-order valence-electron chi connectivity index (χ4n) is 2.95. The Morgan fingerprint density at radius 1 is 1.30 bits per heavy atom. The Hall–Kier alpha value is -2.21. The topological polar surface area (TPSA) is 53.7 Å². The molecule has 0 saturated carbocycles. The van der Waals surface area contributed by atoms with E-state index in [1.165, 1.54) is 11.0 Å². The number of β-amino-alcohol motifs (C(OH)–C–C–N with tert-alkyl or cyclic N) is 1. The number of nitrogens with zero attached hydrogens (tertiary/aromatic N) is 1. The van der Waals surface area contributed by atoms with Crippen molar-refractivity contribution in [2.24, 2.45) is 0 Å². The lowest BCUT2D eigenvalue weighted by atomic mass is 10.0. The van der Waals surface area contributed by atoms with Crippen molar-refractivity contribution in [1.29, 1.82) is 0 Å². The van der Waals surface area contributed by atoms with E-state index in [4.69, 9.17) is 4.42 Å². The van der Waals surface area contributed by atoms with E-state index >= 15 is 0 Å². The normalized spacial score (nSPS) is 20.9. The molecule has 1 amide bonds. The number of hydrogen-bond donors (Lipinski definition) is 1. The molecule has 2 atom stereocenters. The third kappa shape index (κ3) is 3.42. The van der Waals surface area contributed by atoms with Crippen molar-refractivity contribution in [3.63, 3.8) is 0 Å². The highest BCUT2D eigenvalue weighted by Gasteiger charge is 2.35. The molecule has 122 valence electrons. The first-order chi connectivity index (χ1) is 11.0. The number of likely N-dealkylation sites (tertiary alicyclic amines) is 1. The molecule has 6 heteroatoms. The lowest BCUT2D eigenvalue weighted by molar-refractivity contribution is -0.132. The molecule has 0 aliphatic carbocycles. The van der Waals surface area contributed by atoms with Crippen LogP contribution in [0.3, 0.4) is 0 Å². The fourth-order valence-corrected chi connectivity index (χ4v) is 2.95. The second-order valence-electron chi connectivity index (χ2n) is 5.76. The summed E-state index contributed by atoms with van der Waals surface area (Å²) in [6.45, 7) is 0.202. The first-order valence-corrected chi connectivity index (χ1v) is 7.48. The summed E-state index contributed by atoms with van der Waals surface area (Å²) >= 11 is 0. The van der Waals surface area contributed by atoms with E-state index in [1.807, 2.05) is 0 Å². The van der Waals surface area contributed by atoms with Gasteiger partial charge in [0, 0.05) is 13.0 Å². The van der Waals surface area contributed by atoms with Crippen molar-refractivity contribution < 1.29 is 23.1 Å². The molecule has 1 aliphatic heterocycles. The molecule has 1 aromatic heterocycles. The number of aliphatic hydroxyl groups excluding tert-OH is 1. The van der Waals surface area contributed by atoms with Crippen LogP contribution in [0.2, 0.25) is 0 Å². The van der Waals surface area contributed by atoms with Crippen molar-refractivity contribution in [2.75, 3.05) is 6.54 Å². The fraction of sp³-hybridized carbons (Fsp3) is 0.353. The average Bonchev–Trinajstić information content (AvgIpc) is 3.17. The molecule has 0 radical (unpaired) electrons. The maximum atomic E-state index is 13.4. The van der Waals surface area contributed by atoms with Crippen molar-refractivity contribution in [1.82, 2.24) is 4.90 Å². The van der Waals surface area contributed by atoms with Gasteiger partial charge >= 0.3 is 0 Å². The minimum absolute atomic E-state index is 0.127. The first-order valence-electron chi connectivity index (χ1n) is 7.48. The van der Waals surface area contributed by atoms with Gasteiger partial charge in [0.05, 0.1) is 24.7 Å². The summed E-state index contributed by atoms with van der Waals surface area (Å²) in [7, 11) is 0. The van der Waals surface area contributed by atoms with Crippen LogP contribution in [0.5, 0.6) is 0 Å². The highest BCUT2D eigenvalue weighted by Crippen LogP contribution is 2.33. The minimum Gasteiger partial charge on any atom is -0.472 e. The summed E-state index contributed by atoms with van der Waals surface area (Å²) in [5, 5.41) is 9.88. The molecule has 1 aromatic carbocycles. The molecule has 1 saturated heterocycles. The van der Waals surface area contributed by atoms with Gasteiger partial charge in [-0.1, -0.05) is 6.07 Å². The summed E-state index contributed by atoms with van der Waals surface area (Å²) in [6.07, 6.45) is 3.59. The second-order valence-corrected chi connectivity index (χ2v) is 5.76. The average molecular weight is 321 g/mol. The van der Waals surface area contributed by atoms with Crippen LogP contribution in [-0.2, 0) is 11.2 Å². The van der Waals surface area contributed by atoms with Gasteiger partial charge in [-0.3, -0.25) is 4.79 Å². The number of rotatable bonds is 4. The smallest absolute Gasteiger partial charge is 0.223 e. The third-order valence-electron chi connectivity index (χ3n) is 4.14. The van der Waals surface area contributed by atoms with E-state index in [9.17, 15) is 18.7 Å². The van der Waals surface area contributed by atoms with Gasteiger partial charge in [-0.25, -0.2) is 8.78 Å². The van der Waals surface area contributed by atoms with Gasteiger partial charge in [0.1, 0.15) is 0 Å². The number of benzene rings is 1. The van der Waals surface area contributed by atoms with E-state index in [1.54, 1.807) is 18.6 Å².